The molecule has 7 heteroatoms. The second-order valence-electron chi connectivity index (χ2n) is 5.47. The highest BCUT2D eigenvalue weighted by Gasteiger charge is 2.36. The topological polar surface area (TPSA) is 49.4 Å². The van der Waals surface area contributed by atoms with Crippen LogP contribution in [-0.4, -0.2) is 37.9 Å². The molecule has 1 heterocycles. The van der Waals surface area contributed by atoms with E-state index in [1.165, 1.54) is 16.4 Å². The summed E-state index contributed by atoms with van der Waals surface area (Å²) in [6.07, 6.45) is 0. The number of sulfonamides is 1. The Morgan fingerprint density at radius 1 is 1.24 bits per heavy atom. The number of nitrogens with zero attached hydrogens (tertiary/aromatic N) is 1. The van der Waals surface area contributed by atoms with Gasteiger partial charge in [0, 0.05) is 25.2 Å². The fourth-order valence-corrected chi connectivity index (χ4v) is 4.90. The first kappa shape index (κ1) is 18.4. The Morgan fingerprint density at radius 2 is 1.76 bits per heavy atom. The monoisotopic (exact) mass is 336 g/mol. The number of benzene rings is 1. The molecule has 1 aromatic rings. The van der Waals surface area contributed by atoms with Crippen molar-refractivity contribution in [1.82, 2.24) is 9.62 Å². The predicted octanol–water partition coefficient (Wildman–Crippen LogP) is 2.24. The minimum Gasteiger partial charge on any atom is -0.311 e. The lowest BCUT2D eigenvalue weighted by molar-refractivity contribution is 0.232. The molecule has 0 radical (unpaired) electrons. The third-order valence-corrected chi connectivity index (χ3v) is 6.26. The van der Waals surface area contributed by atoms with E-state index < -0.39 is 15.8 Å². The first-order valence-corrected chi connectivity index (χ1v) is 8.21. The van der Waals surface area contributed by atoms with E-state index in [0.717, 1.165) is 0 Å². The number of halogens is 2. The van der Waals surface area contributed by atoms with Crippen molar-refractivity contribution in [3.05, 3.63) is 29.1 Å². The van der Waals surface area contributed by atoms with Crippen molar-refractivity contribution in [3.63, 3.8) is 0 Å². The SMILES string of the molecule is Cc1cc(F)cc(C)c1S(=O)(=O)N1CCNC(C)C1C.Cl. The number of nitrogens with one attached hydrogen (secondary N) is 1. The van der Waals surface area contributed by atoms with E-state index in [0.29, 0.717) is 24.2 Å². The van der Waals surface area contributed by atoms with Crippen LogP contribution >= 0.6 is 12.4 Å². The molecule has 0 bridgehead atoms. The van der Waals surface area contributed by atoms with E-state index in [9.17, 15) is 12.8 Å². The second kappa shape index (κ2) is 6.60. The molecule has 0 saturated carbocycles. The second-order valence-corrected chi connectivity index (χ2v) is 7.30. The van der Waals surface area contributed by atoms with Crippen LogP contribution in [0.5, 0.6) is 0 Å². The first-order valence-electron chi connectivity index (χ1n) is 6.77. The zero-order valence-corrected chi connectivity index (χ0v) is 14.3. The summed E-state index contributed by atoms with van der Waals surface area (Å²) in [6, 6.07) is 2.52. The molecule has 1 aliphatic heterocycles. The van der Waals surface area contributed by atoms with Gasteiger partial charge in [-0.15, -0.1) is 12.4 Å². The molecule has 1 saturated heterocycles. The number of hydrogen-bond acceptors (Lipinski definition) is 3. The molecular weight excluding hydrogens is 315 g/mol. The molecule has 4 nitrogen and oxygen atoms in total. The van der Waals surface area contributed by atoms with E-state index in [-0.39, 0.29) is 29.4 Å². The number of hydrogen-bond donors (Lipinski definition) is 1. The van der Waals surface area contributed by atoms with Gasteiger partial charge in [0.25, 0.3) is 0 Å². The van der Waals surface area contributed by atoms with Gasteiger partial charge in [0.2, 0.25) is 10.0 Å². The van der Waals surface area contributed by atoms with Crippen molar-refractivity contribution in [2.24, 2.45) is 0 Å². The minimum atomic E-state index is -3.60. The number of aryl methyl sites for hydroxylation is 2. The molecular formula is C14H22ClFN2O2S. The van der Waals surface area contributed by atoms with Crippen molar-refractivity contribution in [2.75, 3.05) is 13.1 Å². The smallest absolute Gasteiger partial charge is 0.243 e. The Morgan fingerprint density at radius 3 is 2.29 bits per heavy atom. The Labute approximate surface area is 132 Å². The molecule has 1 aromatic carbocycles. The number of piperazine rings is 1. The van der Waals surface area contributed by atoms with Crippen molar-refractivity contribution in [3.8, 4) is 0 Å². The molecule has 0 spiro atoms. The van der Waals surface area contributed by atoms with Gasteiger partial charge >= 0.3 is 0 Å². The molecule has 0 amide bonds. The van der Waals surface area contributed by atoms with Crippen molar-refractivity contribution >= 4 is 22.4 Å². The molecule has 1 aliphatic rings. The fraction of sp³-hybridized carbons (Fsp3) is 0.571. The summed E-state index contributed by atoms with van der Waals surface area (Å²) < 4.78 is 40.6. The van der Waals surface area contributed by atoms with Gasteiger partial charge in [-0.2, -0.15) is 4.31 Å². The van der Waals surface area contributed by atoms with Gasteiger partial charge in [-0.3, -0.25) is 0 Å². The van der Waals surface area contributed by atoms with Crippen molar-refractivity contribution in [2.45, 2.75) is 44.7 Å². The van der Waals surface area contributed by atoms with E-state index in [1.54, 1.807) is 13.8 Å². The predicted molar refractivity (Wildman–Crippen MR) is 83.9 cm³/mol. The summed E-state index contributed by atoms with van der Waals surface area (Å²) in [6.45, 7) is 8.20. The lowest BCUT2D eigenvalue weighted by atomic mass is 10.1. The summed E-state index contributed by atoms with van der Waals surface area (Å²) in [7, 11) is -3.60. The standard InChI is InChI=1S/C14H21FN2O2S.ClH/c1-9-7-13(15)8-10(2)14(9)20(18,19)17-6-5-16-11(3)12(17)4;/h7-8,11-12,16H,5-6H2,1-4H3;1H. The van der Waals surface area contributed by atoms with Crippen molar-refractivity contribution < 1.29 is 12.8 Å². The van der Waals surface area contributed by atoms with E-state index in [1.807, 2.05) is 13.8 Å². The van der Waals surface area contributed by atoms with Gasteiger partial charge in [0.15, 0.2) is 0 Å². The zero-order chi connectivity index (χ0) is 15.1. The fourth-order valence-electron chi connectivity index (χ4n) is 2.79. The quantitative estimate of drug-likeness (QED) is 0.901. The van der Waals surface area contributed by atoms with Crippen LogP contribution in [0.1, 0.15) is 25.0 Å². The van der Waals surface area contributed by atoms with Crippen LogP contribution in [0, 0.1) is 19.7 Å². The lowest BCUT2D eigenvalue weighted by Crippen LogP contribution is -2.57. The lowest BCUT2D eigenvalue weighted by Gasteiger charge is -2.38. The zero-order valence-electron chi connectivity index (χ0n) is 12.7. The van der Waals surface area contributed by atoms with Crippen molar-refractivity contribution in [1.29, 1.82) is 0 Å². The van der Waals surface area contributed by atoms with E-state index in [2.05, 4.69) is 5.32 Å². The molecule has 1 fully saturated rings. The molecule has 2 unspecified atom stereocenters. The molecule has 0 aliphatic carbocycles. The van der Waals surface area contributed by atoms with Crippen LogP contribution in [0.2, 0.25) is 0 Å². The van der Waals surface area contributed by atoms with Gasteiger partial charge < -0.3 is 5.32 Å². The molecule has 1 N–H and O–H groups in total. The molecule has 0 aromatic heterocycles. The Balaban J connectivity index is 0.00000220. The van der Waals surface area contributed by atoms with Gasteiger partial charge in [0.1, 0.15) is 5.82 Å². The minimum absolute atomic E-state index is 0. The summed E-state index contributed by atoms with van der Waals surface area (Å²) >= 11 is 0. The van der Waals surface area contributed by atoms with E-state index in [4.69, 9.17) is 0 Å². The molecule has 120 valence electrons. The highest BCUT2D eigenvalue weighted by Crippen LogP contribution is 2.27. The van der Waals surface area contributed by atoms with Crippen LogP contribution in [0.3, 0.4) is 0 Å². The van der Waals surface area contributed by atoms with Crippen LogP contribution in [0.4, 0.5) is 4.39 Å². The summed E-state index contributed by atoms with van der Waals surface area (Å²) in [5, 5.41) is 3.26. The Bertz CT molecular complexity index is 598. The normalized spacial score (nSPS) is 23.7. The maximum atomic E-state index is 13.4. The maximum Gasteiger partial charge on any atom is 0.243 e. The van der Waals surface area contributed by atoms with Gasteiger partial charge in [-0.1, -0.05) is 0 Å². The van der Waals surface area contributed by atoms with Crippen LogP contribution < -0.4 is 5.32 Å². The third kappa shape index (κ3) is 3.39. The number of rotatable bonds is 2. The molecule has 21 heavy (non-hydrogen) atoms. The van der Waals surface area contributed by atoms with Gasteiger partial charge in [0.05, 0.1) is 4.90 Å². The Kier molecular flexibility index (Phi) is 5.77. The highest BCUT2D eigenvalue weighted by atomic mass is 35.5. The Hall–Kier alpha value is -0.690. The molecule has 2 atom stereocenters. The summed E-state index contributed by atoms with van der Waals surface area (Å²) in [4.78, 5) is 0.236. The molecule has 2 rings (SSSR count). The summed E-state index contributed by atoms with van der Waals surface area (Å²) in [5.41, 5.74) is 0.918. The largest absolute Gasteiger partial charge is 0.311 e. The first-order chi connectivity index (χ1) is 9.25. The van der Waals surface area contributed by atoms with E-state index >= 15 is 0 Å². The average Bonchev–Trinajstić information content (AvgIpc) is 2.30. The maximum absolute atomic E-state index is 13.4. The van der Waals surface area contributed by atoms with Crippen LogP contribution in [0.25, 0.3) is 0 Å². The van der Waals surface area contributed by atoms with Crippen LogP contribution in [-0.2, 0) is 10.0 Å². The van der Waals surface area contributed by atoms with Crippen LogP contribution in [0.15, 0.2) is 17.0 Å². The van der Waals surface area contributed by atoms with Gasteiger partial charge in [-0.05, 0) is 51.0 Å². The average molecular weight is 337 g/mol. The summed E-state index contributed by atoms with van der Waals surface area (Å²) in [5.74, 6) is -0.402. The third-order valence-electron chi connectivity index (χ3n) is 3.97. The highest BCUT2D eigenvalue weighted by molar-refractivity contribution is 7.89. The van der Waals surface area contributed by atoms with Gasteiger partial charge in [-0.25, -0.2) is 12.8 Å².